The van der Waals surface area contributed by atoms with Gasteiger partial charge in [-0.2, -0.15) is 5.26 Å². The van der Waals surface area contributed by atoms with Crippen LogP contribution in [0.4, 0.5) is 22.9 Å². The van der Waals surface area contributed by atoms with E-state index in [2.05, 4.69) is 65.2 Å². The number of anilines is 4. The third kappa shape index (κ3) is 8.18. The zero-order valence-corrected chi connectivity index (χ0v) is 35.0. The van der Waals surface area contributed by atoms with Crippen LogP contribution in [-0.2, 0) is 14.4 Å². The molecule has 5 saturated heterocycles. The third-order valence-electron chi connectivity index (χ3n) is 14.0. The van der Waals surface area contributed by atoms with Crippen LogP contribution in [0.1, 0.15) is 77.3 Å². The summed E-state index contributed by atoms with van der Waals surface area (Å²) in [5.74, 6) is -0.735. The molecular formula is C46H54N10O5. The zero-order chi connectivity index (χ0) is 42.4. The van der Waals surface area contributed by atoms with Crippen molar-refractivity contribution in [2.45, 2.75) is 70.5 Å². The number of pyridine rings is 1. The molecule has 0 aliphatic carbocycles. The Labute approximate surface area is 356 Å². The molecule has 5 fully saturated rings. The zero-order valence-electron chi connectivity index (χ0n) is 35.0. The first kappa shape index (κ1) is 40.6. The van der Waals surface area contributed by atoms with Gasteiger partial charge in [0, 0.05) is 101 Å². The number of carbonyl (C=O) groups excluding carboxylic acids is 5. The van der Waals surface area contributed by atoms with Crippen molar-refractivity contribution >= 4 is 52.4 Å². The molecule has 15 nitrogen and oxygen atoms in total. The summed E-state index contributed by atoms with van der Waals surface area (Å²) in [5, 5.41) is 14.6. The van der Waals surface area contributed by atoms with E-state index in [9.17, 15) is 29.2 Å². The van der Waals surface area contributed by atoms with Gasteiger partial charge in [0.1, 0.15) is 11.9 Å². The number of nitrogens with one attached hydrogen (secondary N) is 2. The van der Waals surface area contributed by atoms with Crippen LogP contribution < -0.4 is 25.3 Å². The minimum absolute atomic E-state index is 0.0256. The van der Waals surface area contributed by atoms with E-state index in [0.29, 0.717) is 40.5 Å². The van der Waals surface area contributed by atoms with E-state index >= 15 is 0 Å². The Morgan fingerprint density at radius 1 is 0.803 bits per heavy atom. The molecule has 7 heterocycles. The lowest BCUT2D eigenvalue weighted by Crippen LogP contribution is -2.65. The normalized spacial score (nSPS) is 23.5. The molecule has 15 heteroatoms. The number of hydrogen-bond donors (Lipinski definition) is 2. The van der Waals surface area contributed by atoms with E-state index in [1.165, 1.54) is 0 Å². The number of rotatable bonds is 9. The summed E-state index contributed by atoms with van der Waals surface area (Å²) in [6.07, 6.45) is 5.93. The van der Waals surface area contributed by atoms with Crippen LogP contribution in [0.25, 0.3) is 0 Å². The molecule has 5 amide bonds. The van der Waals surface area contributed by atoms with Gasteiger partial charge in [0.05, 0.1) is 34.6 Å². The number of aromatic nitrogens is 1. The molecule has 6 aliphatic heterocycles. The lowest BCUT2D eigenvalue weighted by atomic mass is 9.94. The fraction of sp³-hybridized carbons (Fsp3) is 0.500. The van der Waals surface area contributed by atoms with Gasteiger partial charge in [-0.3, -0.25) is 44.0 Å². The van der Waals surface area contributed by atoms with Crippen LogP contribution in [0, 0.1) is 30.1 Å². The highest BCUT2D eigenvalue weighted by Gasteiger charge is 2.45. The van der Waals surface area contributed by atoms with Gasteiger partial charge < -0.3 is 20.0 Å². The molecule has 2 aromatic carbocycles. The predicted octanol–water partition coefficient (Wildman–Crippen LogP) is 3.63. The van der Waals surface area contributed by atoms with Crippen LogP contribution in [0.3, 0.4) is 0 Å². The molecule has 0 radical (unpaired) electrons. The van der Waals surface area contributed by atoms with Crippen molar-refractivity contribution in [3.05, 3.63) is 77.0 Å². The smallest absolute Gasteiger partial charge is 0.262 e. The average Bonchev–Trinajstić information content (AvgIpc) is 3.49. The van der Waals surface area contributed by atoms with E-state index < -0.39 is 23.8 Å². The number of amides is 5. The Bertz CT molecular complexity index is 2250. The molecule has 0 saturated carbocycles. The van der Waals surface area contributed by atoms with E-state index in [4.69, 9.17) is 0 Å². The van der Waals surface area contributed by atoms with Gasteiger partial charge >= 0.3 is 0 Å². The van der Waals surface area contributed by atoms with Gasteiger partial charge in [-0.05, 0) is 106 Å². The molecule has 61 heavy (non-hydrogen) atoms. The summed E-state index contributed by atoms with van der Waals surface area (Å²) in [7, 11) is 0. The number of aryl methyl sites for hydroxylation is 1. The lowest BCUT2D eigenvalue weighted by Gasteiger charge is -2.51. The summed E-state index contributed by atoms with van der Waals surface area (Å²) in [5.41, 5.74) is 5.39. The van der Waals surface area contributed by atoms with Crippen LogP contribution in [0.5, 0.6) is 0 Å². The first-order chi connectivity index (χ1) is 29.5. The van der Waals surface area contributed by atoms with E-state index in [1.807, 2.05) is 37.4 Å². The quantitative estimate of drug-likeness (QED) is 0.302. The first-order valence-electron chi connectivity index (χ1n) is 21.9. The second-order valence-electron chi connectivity index (χ2n) is 17.8. The summed E-state index contributed by atoms with van der Waals surface area (Å²) in [6, 6.07) is 17.4. The Hall–Kier alpha value is -5.85. The third-order valence-corrected chi connectivity index (χ3v) is 14.0. The maximum Gasteiger partial charge on any atom is 0.262 e. The van der Waals surface area contributed by atoms with Gasteiger partial charge in [-0.1, -0.05) is 0 Å². The number of benzene rings is 2. The largest absolute Gasteiger partial charge is 0.371 e. The maximum atomic E-state index is 13.3. The minimum Gasteiger partial charge on any atom is -0.371 e. The Morgan fingerprint density at radius 2 is 1.49 bits per heavy atom. The van der Waals surface area contributed by atoms with Crippen LogP contribution in [-0.4, -0.2) is 133 Å². The predicted molar refractivity (Wildman–Crippen MR) is 230 cm³/mol. The van der Waals surface area contributed by atoms with Crippen molar-refractivity contribution in [3.8, 4) is 6.07 Å². The van der Waals surface area contributed by atoms with E-state index in [0.717, 1.165) is 119 Å². The average molecular weight is 827 g/mol. The second-order valence-corrected chi connectivity index (χ2v) is 17.8. The molecule has 0 spiro atoms. The molecule has 318 valence electrons. The molecule has 1 aromatic heterocycles. The molecule has 0 bridgehead atoms. The topological polar surface area (TPSA) is 166 Å². The van der Waals surface area contributed by atoms with Crippen molar-refractivity contribution in [2.75, 3.05) is 85.5 Å². The number of piperazine rings is 1. The van der Waals surface area contributed by atoms with Crippen molar-refractivity contribution in [1.82, 2.24) is 25.0 Å². The Balaban J connectivity index is 0.689. The number of piperidine rings is 3. The monoisotopic (exact) mass is 826 g/mol. The highest BCUT2D eigenvalue weighted by atomic mass is 16.2. The van der Waals surface area contributed by atoms with Gasteiger partial charge in [0.15, 0.2) is 0 Å². The number of nitriles is 1. The van der Waals surface area contributed by atoms with Gasteiger partial charge in [0.25, 0.3) is 11.8 Å². The number of hydrogen-bond acceptors (Lipinski definition) is 12. The van der Waals surface area contributed by atoms with Crippen LogP contribution in [0.15, 0.2) is 54.7 Å². The summed E-state index contributed by atoms with van der Waals surface area (Å²) in [4.78, 5) is 81.5. The molecule has 6 aliphatic rings. The summed E-state index contributed by atoms with van der Waals surface area (Å²) >= 11 is 0. The van der Waals surface area contributed by atoms with Crippen molar-refractivity contribution < 1.29 is 24.0 Å². The van der Waals surface area contributed by atoms with Crippen LogP contribution in [0.2, 0.25) is 0 Å². The number of nitrogens with zero attached hydrogens (tertiary/aromatic N) is 8. The lowest BCUT2D eigenvalue weighted by molar-refractivity contribution is -0.136. The van der Waals surface area contributed by atoms with E-state index in [1.54, 1.807) is 12.1 Å². The molecule has 3 aromatic rings. The molecule has 2 atom stereocenters. The van der Waals surface area contributed by atoms with Gasteiger partial charge in [0.2, 0.25) is 17.7 Å². The minimum atomic E-state index is -0.964. The molecule has 9 rings (SSSR count). The fourth-order valence-electron chi connectivity index (χ4n) is 10.1. The fourth-order valence-corrected chi connectivity index (χ4v) is 10.1. The maximum absolute atomic E-state index is 13.3. The molecular weight excluding hydrogens is 773 g/mol. The molecule has 2 N–H and O–H groups in total. The van der Waals surface area contributed by atoms with Crippen LogP contribution >= 0.6 is 0 Å². The van der Waals surface area contributed by atoms with E-state index in [-0.39, 0.29) is 30.6 Å². The number of carbonyl (C=O) groups is 5. The number of imide groups is 2. The summed E-state index contributed by atoms with van der Waals surface area (Å²) in [6.45, 7) is 13.7. The SMILES string of the molecule is Cc1cc(N2CCC(C(=O)Nc3ccc(N4CCC(CN5CCN(C6CN(c7ccc8c(c7)C(=O)N(C7CCC(=O)NC7=O)C8=O)C6)C[C@H]5C)CC4)cn3)CC2)ccc1C#N. The van der Waals surface area contributed by atoms with Gasteiger partial charge in [-0.15, -0.1) is 0 Å². The second kappa shape index (κ2) is 16.9. The summed E-state index contributed by atoms with van der Waals surface area (Å²) < 4.78 is 0. The number of fused-ring (bicyclic) bond motifs is 1. The van der Waals surface area contributed by atoms with Crippen molar-refractivity contribution in [3.63, 3.8) is 0 Å². The van der Waals surface area contributed by atoms with Gasteiger partial charge in [-0.25, -0.2) is 4.98 Å². The van der Waals surface area contributed by atoms with Crippen molar-refractivity contribution in [2.24, 2.45) is 11.8 Å². The standard InChI is InChI=1S/C46H54N10O5/c1-29-21-34(4-3-33(29)23-47)51-17-13-32(14-18-51)43(58)49-41-9-6-36(24-48-41)52-15-11-31(12-16-52)26-53-19-20-54(25-30(53)2)37-27-55(28-37)35-5-7-38-39(22-35)46(61)56(45(38)60)40-8-10-42(57)50-44(40)59/h3-7,9,21-22,24,30-32,37,40H,8,10-20,25-28H2,1-2H3,(H,48,49,58)(H,50,57,59)/t30-,40?/m1/s1. The molecule has 1 unspecified atom stereocenters. The highest BCUT2D eigenvalue weighted by Crippen LogP contribution is 2.34. The Kier molecular flexibility index (Phi) is 11.2. The Morgan fingerprint density at radius 3 is 2.18 bits per heavy atom. The first-order valence-corrected chi connectivity index (χ1v) is 21.9. The van der Waals surface area contributed by atoms with Crippen molar-refractivity contribution in [1.29, 1.82) is 5.26 Å². The highest BCUT2D eigenvalue weighted by molar-refractivity contribution is 6.23.